The molecular formula is C21H29FO2S3. The molecule has 3 saturated carbocycles. The number of rotatable bonds is 3. The number of hydrogen-bond donors (Lipinski definition) is 1. The first-order chi connectivity index (χ1) is 12.7. The summed E-state index contributed by atoms with van der Waals surface area (Å²) in [6.07, 6.45) is 12.2. The average molecular weight is 429 g/mol. The largest absolute Gasteiger partial charge is 0.390 e. The molecule has 0 bridgehead atoms. The number of thioether (sulfide) groups is 1. The van der Waals surface area contributed by atoms with Gasteiger partial charge in [0.1, 0.15) is 0 Å². The van der Waals surface area contributed by atoms with Gasteiger partial charge in [0.25, 0.3) is 0 Å². The maximum atomic E-state index is 16.9. The van der Waals surface area contributed by atoms with Crippen molar-refractivity contribution < 1.29 is 14.3 Å². The zero-order chi connectivity index (χ0) is 19.7. The third-order valence-corrected chi connectivity index (χ3v) is 13.1. The molecule has 0 saturated heterocycles. The van der Waals surface area contributed by atoms with Crippen LogP contribution in [0.3, 0.4) is 0 Å². The van der Waals surface area contributed by atoms with Crippen LogP contribution in [0.2, 0.25) is 0 Å². The maximum Gasteiger partial charge on any atom is 0.178 e. The highest BCUT2D eigenvalue weighted by molar-refractivity contribution is 8.78. The number of ketones is 1. The quantitative estimate of drug-likeness (QED) is 0.479. The predicted molar refractivity (Wildman–Crippen MR) is 116 cm³/mol. The molecule has 4 aliphatic rings. The van der Waals surface area contributed by atoms with Crippen LogP contribution in [0.25, 0.3) is 0 Å². The second kappa shape index (κ2) is 6.55. The number of hydrogen-bond acceptors (Lipinski definition) is 5. The van der Waals surface area contributed by atoms with Gasteiger partial charge in [0, 0.05) is 11.3 Å². The Morgan fingerprint density at radius 3 is 2.63 bits per heavy atom. The molecule has 0 heterocycles. The molecule has 4 aliphatic carbocycles. The van der Waals surface area contributed by atoms with Crippen molar-refractivity contribution in [2.24, 2.45) is 22.7 Å². The zero-order valence-electron chi connectivity index (χ0n) is 16.5. The highest BCUT2D eigenvalue weighted by atomic mass is 33.1. The third kappa shape index (κ3) is 2.42. The van der Waals surface area contributed by atoms with E-state index in [9.17, 15) is 9.90 Å². The van der Waals surface area contributed by atoms with E-state index in [0.29, 0.717) is 6.42 Å². The van der Waals surface area contributed by atoms with Gasteiger partial charge in [-0.3, -0.25) is 4.79 Å². The van der Waals surface area contributed by atoms with Crippen molar-refractivity contribution in [3.05, 3.63) is 23.8 Å². The summed E-state index contributed by atoms with van der Waals surface area (Å²) in [5, 5.41) is 11.3. The van der Waals surface area contributed by atoms with Crippen molar-refractivity contribution in [2.75, 3.05) is 12.5 Å². The van der Waals surface area contributed by atoms with Gasteiger partial charge in [0.2, 0.25) is 0 Å². The molecule has 1 N–H and O–H groups in total. The van der Waals surface area contributed by atoms with Crippen LogP contribution >= 0.6 is 33.3 Å². The van der Waals surface area contributed by atoms with Crippen molar-refractivity contribution in [1.82, 2.24) is 0 Å². The molecule has 0 aromatic rings. The summed E-state index contributed by atoms with van der Waals surface area (Å²) in [4.78, 5) is 11.9. The van der Waals surface area contributed by atoms with E-state index in [1.54, 1.807) is 22.9 Å². The Labute approximate surface area is 174 Å². The number of carbonyl (C=O) groups excluding carboxylic acids is 1. The highest BCUT2D eigenvalue weighted by Crippen LogP contribution is 2.74. The second-order valence-electron chi connectivity index (χ2n) is 9.01. The minimum atomic E-state index is -1.70. The van der Waals surface area contributed by atoms with E-state index < -0.39 is 17.2 Å². The van der Waals surface area contributed by atoms with Gasteiger partial charge in [-0.25, -0.2) is 4.39 Å². The molecule has 2 nitrogen and oxygen atoms in total. The van der Waals surface area contributed by atoms with Crippen molar-refractivity contribution in [3.8, 4) is 0 Å². The molecule has 4 rings (SSSR count). The SMILES string of the molecule is CSS[C@@]1(SC)CC[C@H]2[C@@H]3CCC4=CC(=O)C=C[C@]4(C)C3(F)[C@@H](O)C[C@@]21C. The van der Waals surface area contributed by atoms with Gasteiger partial charge in [0.15, 0.2) is 11.5 Å². The summed E-state index contributed by atoms with van der Waals surface area (Å²) < 4.78 is 17.0. The lowest BCUT2D eigenvalue weighted by Crippen LogP contribution is -2.67. The number of halogens is 1. The van der Waals surface area contributed by atoms with Crippen molar-refractivity contribution in [1.29, 1.82) is 0 Å². The molecule has 0 aliphatic heterocycles. The smallest absolute Gasteiger partial charge is 0.178 e. The molecule has 150 valence electrons. The Morgan fingerprint density at radius 1 is 1.22 bits per heavy atom. The van der Waals surface area contributed by atoms with E-state index in [1.807, 2.05) is 29.5 Å². The molecule has 0 aromatic heterocycles. The van der Waals surface area contributed by atoms with Crippen LogP contribution in [0.5, 0.6) is 0 Å². The Kier molecular flexibility index (Phi) is 4.94. The summed E-state index contributed by atoms with van der Waals surface area (Å²) >= 11 is 1.89. The highest BCUT2D eigenvalue weighted by Gasteiger charge is 2.73. The fraction of sp³-hybridized carbons (Fsp3) is 0.762. The topological polar surface area (TPSA) is 37.3 Å². The number of aliphatic hydroxyl groups excluding tert-OH is 1. The molecule has 6 heteroatoms. The van der Waals surface area contributed by atoms with Crippen LogP contribution in [0.15, 0.2) is 23.8 Å². The Hall–Kier alpha value is 0.0900. The lowest BCUT2D eigenvalue weighted by Gasteiger charge is -2.63. The molecule has 0 spiro atoms. The second-order valence-corrected chi connectivity index (χ2v) is 13.1. The summed E-state index contributed by atoms with van der Waals surface area (Å²) in [5.41, 5.74) is -1.80. The molecule has 3 fully saturated rings. The molecule has 27 heavy (non-hydrogen) atoms. The minimum Gasteiger partial charge on any atom is -0.390 e. The number of allylic oxidation sites excluding steroid dienone is 4. The van der Waals surface area contributed by atoms with Crippen LogP contribution < -0.4 is 0 Å². The van der Waals surface area contributed by atoms with Gasteiger partial charge in [-0.15, -0.1) is 11.8 Å². The Balaban J connectivity index is 1.80. The predicted octanol–water partition coefficient (Wildman–Crippen LogP) is 5.43. The van der Waals surface area contributed by atoms with Gasteiger partial charge in [-0.2, -0.15) is 0 Å². The van der Waals surface area contributed by atoms with E-state index >= 15 is 4.39 Å². The lowest BCUT2D eigenvalue weighted by atomic mass is 9.46. The third-order valence-electron chi connectivity index (χ3n) is 8.23. The van der Waals surface area contributed by atoms with Gasteiger partial charge in [-0.1, -0.05) is 40.2 Å². The number of alkyl halides is 1. The standard InChI is InChI=1S/C21H29FO2S3/c1-18-9-7-14(23)11-13(18)5-6-16-15-8-10-20(25-3,27-26-4)19(15,2)12-17(24)21(16,18)22/h7,9,11,15-17,24H,5-6,8,10,12H2,1-4H3/t15-,16-,17-,18-,19-,20-,21?/m0/s1. The minimum absolute atomic E-state index is 0.0226. The van der Waals surface area contributed by atoms with Crippen molar-refractivity contribution in [3.63, 3.8) is 0 Å². The summed E-state index contributed by atoms with van der Waals surface area (Å²) in [6, 6.07) is 0. The fourth-order valence-electron chi connectivity index (χ4n) is 6.80. The van der Waals surface area contributed by atoms with Gasteiger partial charge in [0.05, 0.1) is 10.2 Å². The Bertz CT molecular complexity index is 724. The molecule has 1 unspecified atom stereocenters. The van der Waals surface area contributed by atoms with Crippen molar-refractivity contribution in [2.45, 2.75) is 61.8 Å². The lowest BCUT2D eigenvalue weighted by molar-refractivity contribution is -0.189. The summed E-state index contributed by atoms with van der Waals surface area (Å²) in [6.45, 7) is 4.19. The van der Waals surface area contributed by atoms with E-state index in [-0.39, 0.29) is 27.1 Å². The summed E-state index contributed by atoms with van der Waals surface area (Å²) in [5.74, 6) is 0.0448. The van der Waals surface area contributed by atoms with Crippen LogP contribution in [0, 0.1) is 22.7 Å². The van der Waals surface area contributed by atoms with E-state index in [1.165, 1.54) is 6.08 Å². The van der Waals surface area contributed by atoms with Crippen LogP contribution in [-0.4, -0.2) is 39.3 Å². The van der Waals surface area contributed by atoms with Gasteiger partial charge in [-0.05, 0) is 75.0 Å². The molecule has 0 aromatic carbocycles. The van der Waals surface area contributed by atoms with Gasteiger partial charge < -0.3 is 5.11 Å². The molecule has 0 radical (unpaired) electrons. The first-order valence-corrected chi connectivity index (χ1v) is 13.5. The van der Waals surface area contributed by atoms with Gasteiger partial charge >= 0.3 is 0 Å². The average Bonchev–Trinajstić information content (AvgIpc) is 2.90. The van der Waals surface area contributed by atoms with Crippen LogP contribution in [-0.2, 0) is 4.79 Å². The van der Waals surface area contributed by atoms with Crippen molar-refractivity contribution >= 4 is 39.1 Å². The maximum absolute atomic E-state index is 16.9. The first-order valence-electron chi connectivity index (χ1n) is 9.77. The normalized spacial score (nSPS) is 51.4. The molecule has 7 atom stereocenters. The Morgan fingerprint density at radius 2 is 1.96 bits per heavy atom. The molecule has 0 amide bonds. The van der Waals surface area contributed by atoms with Crippen LogP contribution in [0.1, 0.15) is 46.0 Å². The molecular weight excluding hydrogens is 399 g/mol. The fourth-order valence-corrected chi connectivity index (χ4v) is 11.8. The first kappa shape index (κ1) is 20.4. The number of aliphatic hydroxyl groups is 1. The van der Waals surface area contributed by atoms with E-state index in [4.69, 9.17) is 0 Å². The zero-order valence-corrected chi connectivity index (χ0v) is 18.9. The van der Waals surface area contributed by atoms with E-state index in [0.717, 1.165) is 31.3 Å². The number of fused-ring (bicyclic) bond motifs is 5. The number of carbonyl (C=O) groups is 1. The van der Waals surface area contributed by atoms with Crippen LogP contribution in [0.4, 0.5) is 4.39 Å². The summed E-state index contributed by atoms with van der Waals surface area (Å²) in [7, 11) is 3.70. The monoisotopic (exact) mass is 428 g/mol. The van der Waals surface area contributed by atoms with E-state index in [2.05, 4.69) is 19.4 Å².